The number of carbonyl (C=O) groups excluding carboxylic acids is 1. The molecule has 1 N–H and O–H groups in total. The van der Waals surface area contributed by atoms with E-state index in [4.69, 9.17) is 0 Å². The van der Waals surface area contributed by atoms with Gasteiger partial charge in [0.05, 0.1) is 0 Å². The zero-order chi connectivity index (χ0) is 13.3. The Morgan fingerprint density at radius 3 is 2.18 bits per heavy atom. The molecule has 0 heterocycles. The predicted octanol–water partition coefficient (Wildman–Crippen LogP) is 2.45. The largest absolute Gasteiger partial charge is 0.315 e. The number of ketones is 1. The highest BCUT2D eigenvalue weighted by Gasteiger charge is 2.11. The topological polar surface area (TPSA) is 32.3 Å². The average Bonchev–Trinajstić information content (AvgIpc) is 2.26. The summed E-state index contributed by atoms with van der Waals surface area (Å²) < 4.78 is 0. The lowest BCUT2D eigenvalue weighted by molar-refractivity contribution is -0.118. The average molecular weight is 242 g/mol. The molecule has 0 saturated heterocycles. The zero-order valence-corrected chi connectivity index (χ0v) is 12.3. The molecule has 0 aliphatic heterocycles. The van der Waals surface area contributed by atoms with Crippen molar-refractivity contribution in [3.05, 3.63) is 0 Å². The summed E-state index contributed by atoms with van der Waals surface area (Å²) in [7, 11) is 0. The van der Waals surface area contributed by atoms with Crippen LogP contribution in [0.2, 0.25) is 0 Å². The first kappa shape index (κ1) is 16.6. The highest BCUT2D eigenvalue weighted by atomic mass is 16.1. The Hall–Kier alpha value is -0.410. The Bertz CT molecular complexity index is 194. The van der Waals surface area contributed by atoms with Crippen molar-refractivity contribution in [2.45, 2.75) is 66.0 Å². The van der Waals surface area contributed by atoms with Gasteiger partial charge in [0.15, 0.2) is 0 Å². The lowest BCUT2D eigenvalue weighted by atomic mass is 10.2. The molecular weight excluding hydrogens is 212 g/mol. The van der Waals surface area contributed by atoms with Gasteiger partial charge in [0.2, 0.25) is 0 Å². The molecule has 0 fully saturated rings. The lowest BCUT2D eigenvalue weighted by Crippen LogP contribution is -2.41. The molecule has 102 valence electrons. The number of carbonyl (C=O) groups is 1. The van der Waals surface area contributed by atoms with Gasteiger partial charge in [0, 0.05) is 38.0 Å². The molecule has 0 rings (SSSR count). The molecule has 0 spiro atoms. The molecular formula is C14H30N2O. The second kappa shape index (κ2) is 9.60. The van der Waals surface area contributed by atoms with Gasteiger partial charge < -0.3 is 5.32 Å². The van der Waals surface area contributed by atoms with Gasteiger partial charge in [0.25, 0.3) is 0 Å². The molecule has 17 heavy (non-hydrogen) atoms. The smallest absolute Gasteiger partial charge is 0.132 e. The molecule has 0 aromatic carbocycles. The highest BCUT2D eigenvalue weighted by molar-refractivity contribution is 5.77. The van der Waals surface area contributed by atoms with E-state index in [1.165, 1.54) is 0 Å². The fourth-order valence-electron chi connectivity index (χ4n) is 2.03. The van der Waals surface area contributed by atoms with E-state index in [-0.39, 0.29) is 0 Å². The van der Waals surface area contributed by atoms with Crippen LogP contribution in [0, 0.1) is 0 Å². The van der Waals surface area contributed by atoms with Crippen molar-refractivity contribution in [2.24, 2.45) is 0 Å². The number of nitrogens with one attached hydrogen (secondary N) is 1. The van der Waals surface area contributed by atoms with Crippen molar-refractivity contribution in [1.29, 1.82) is 0 Å². The summed E-state index contributed by atoms with van der Waals surface area (Å²) in [5, 5.41) is 3.41. The van der Waals surface area contributed by atoms with Crippen LogP contribution in [0.15, 0.2) is 0 Å². The normalized spacial score (nSPS) is 11.8. The van der Waals surface area contributed by atoms with Crippen LogP contribution < -0.4 is 5.32 Å². The second-order valence-corrected chi connectivity index (χ2v) is 5.17. The molecule has 0 aliphatic carbocycles. The molecule has 0 saturated carbocycles. The standard InChI is InChI=1S/C14H30N2O/c1-6-14(17)8-7-9-15-10-11-16(12(2)3)13(4)5/h12-13,15H,6-11H2,1-5H3. The molecule has 0 amide bonds. The van der Waals surface area contributed by atoms with Gasteiger partial charge in [-0.1, -0.05) is 6.92 Å². The van der Waals surface area contributed by atoms with Crippen molar-refractivity contribution < 1.29 is 4.79 Å². The molecule has 0 aromatic heterocycles. The van der Waals surface area contributed by atoms with Crippen LogP contribution in [0.4, 0.5) is 0 Å². The number of hydrogen-bond acceptors (Lipinski definition) is 3. The highest BCUT2D eigenvalue weighted by Crippen LogP contribution is 2.03. The molecule has 0 bridgehead atoms. The summed E-state index contributed by atoms with van der Waals surface area (Å²) in [6.45, 7) is 13.9. The maximum Gasteiger partial charge on any atom is 0.132 e. The lowest BCUT2D eigenvalue weighted by Gasteiger charge is -2.30. The number of Topliss-reactive ketones (excluding diaryl/α,β-unsaturated/α-hetero) is 1. The SMILES string of the molecule is CCC(=O)CCCNCCN(C(C)C)C(C)C. The van der Waals surface area contributed by atoms with Gasteiger partial charge in [-0.3, -0.25) is 9.69 Å². The maximum absolute atomic E-state index is 11.1. The first-order chi connectivity index (χ1) is 7.99. The van der Waals surface area contributed by atoms with Gasteiger partial charge in [-0.05, 0) is 40.7 Å². The molecule has 0 atom stereocenters. The van der Waals surface area contributed by atoms with Crippen molar-refractivity contribution >= 4 is 5.78 Å². The molecule has 3 heteroatoms. The van der Waals surface area contributed by atoms with Gasteiger partial charge in [0.1, 0.15) is 5.78 Å². The summed E-state index contributed by atoms with van der Waals surface area (Å²) in [5.74, 6) is 0.373. The minimum Gasteiger partial charge on any atom is -0.315 e. The van der Waals surface area contributed by atoms with Crippen LogP contribution in [0.25, 0.3) is 0 Å². The molecule has 0 aromatic rings. The van der Waals surface area contributed by atoms with Gasteiger partial charge in [-0.2, -0.15) is 0 Å². The summed E-state index contributed by atoms with van der Waals surface area (Å²) in [6, 6.07) is 1.19. The van der Waals surface area contributed by atoms with Crippen LogP contribution in [0.3, 0.4) is 0 Å². The van der Waals surface area contributed by atoms with Crippen molar-refractivity contribution in [3.8, 4) is 0 Å². The fourth-order valence-corrected chi connectivity index (χ4v) is 2.03. The van der Waals surface area contributed by atoms with Crippen LogP contribution >= 0.6 is 0 Å². The minimum atomic E-state index is 0.373. The Balaban J connectivity index is 3.52. The van der Waals surface area contributed by atoms with E-state index in [1.54, 1.807) is 0 Å². The molecule has 3 nitrogen and oxygen atoms in total. The van der Waals surface area contributed by atoms with E-state index in [0.717, 1.165) is 32.5 Å². The summed E-state index contributed by atoms with van der Waals surface area (Å²) in [6.07, 6.45) is 2.37. The van der Waals surface area contributed by atoms with E-state index in [0.29, 0.717) is 24.3 Å². The van der Waals surface area contributed by atoms with E-state index in [9.17, 15) is 4.79 Å². The van der Waals surface area contributed by atoms with Crippen molar-refractivity contribution in [1.82, 2.24) is 10.2 Å². The first-order valence-corrected chi connectivity index (χ1v) is 6.97. The monoisotopic (exact) mass is 242 g/mol. The second-order valence-electron chi connectivity index (χ2n) is 5.17. The van der Waals surface area contributed by atoms with Crippen LogP contribution in [-0.2, 0) is 4.79 Å². The van der Waals surface area contributed by atoms with E-state index < -0.39 is 0 Å². The zero-order valence-electron chi connectivity index (χ0n) is 12.3. The Morgan fingerprint density at radius 2 is 1.71 bits per heavy atom. The summed E-state index contributed by atoms with van der Waals surface area (Å²) in [4.78, 5) is 13.6. The third-order valence-corrected chi connectivity index (χ3v) is 3.08. The van der Waals surface area contributed by atoms with E-state index >= 15 is 0 Å². The Labute approximate surface area is 107 Å². The van der Waals surface area contributed by atoms with Crippen LogP contribution in [0.5, 0.6) is 0 Å². The van der Waals surface area contributed by atoms with Crippen LogP contribution in [0.1, 0.15) is 53.9 Å². The summed E-state index contributed by atoms with van der Waals surface area (Å²) in [5.41, 5.74) is 0. The fraction of sp³-hybridized carbons (Fsp3) is 0.929. The third kappa shape index (κ3) is 8.33. The van der Waals surface area contributed by atoms with E-state index in [1.807, 2.05) is 6.92 Å². The van der Waals surface area contributed by atoms with Crippen molar-refractivity contribution in [2.75, 3.05) is 19.6 Å². The van der Waals surface area contributed by atoms with Gasteiger partial charge in [-0.25, -0.2) is 0 Å². The number of rotatable bonds is 10. The predicted molar refractivity (Wildman–Crippen MR) is 74.4 cm³/mol. The van der Waals surface area contributed by atoms with Crippen LogP contribution in [-0.4, -0.2) is 42.4 Å². The molecule has 0 aliphatic rings. The molecule has 0 unspecified atom stereocenters. The van der Waals surface area contributed by atoms with Crippen molar-refractivity contribution in [3.63, 3.8) is 0 Å². The number of nitrogens with zero attached hydrogens (tertiary/aromatic N) is 1. The molecule has 0 radical (unpaired) electrons. The summed E-state index contributed by atoms with van der Waals surface area (Å²) >= 11 is 0. The Kier molecular flexibility index (Phi) is 9.37. The number of hydrogen-bond donors (Lipinski definition) is 1. The third-order valence-electron chi connectivity index (χ3n) is 3.08. The van der Waals surface area contributed by atoms with Gasteiger partial charge >= 0.3 is 0 Å². The minimum absolute atomic E-state index is 0.373. The first-order valence-electron chi connectivity index (χ1n) is 6.97. The Morgan fingerprint density at radius 1 is 1.12 bits per heavy atom. The quantitative estimate of drug-likeness (QED) is 0.597. The maximum atomic E-state index is 11.1. The van der Waals surface area contributed by atoms with Gasteiger partial charge in [-0.15, -0.1) is 0 Å². The van der Waals surface area contributed by atoms with E-state index in [2.05, 4.69) is 37.9 Å².